The molecule has 3 aliphatic rings. The van der Waals surface area contributed by atoms with E-state index in [4.69, 9.17) is 15.2 Å². The van der Waals surface area contributed by atoms with Crippen LogP contribution in [-0.2, 0) is 25.7 Å². The lowest BCUT2D eigenvalue weighted by Gasteiger charge is -2.32. The van der Waals surface area contributed by atoms with Crippen molar-refractivity contribution in [2.45, 2.75) is 32.5 Å². The summed E-state index contributed by atoms with van der Waals surface area (Å²) in [6, 6.07) is 9.47. The van der Waals surface area contributed by atoms with Crippen LogP contribution in [0, 0.1) is 11.8 Å². The quantitative estimate of drug-likeness (QED) is 0.383. The number of allylic oxidation sites excluding steroid dienone is 4. The van der Waals surface area contributed by atoms with Gasteiger partial charge in [0.15, 0.2) is 6.10 Å². The highest BCUT2D eigenvalue weighted by Crippen LogP contribution is 2.29. The average molecular weight is 469 g/mol. The van der Waals surface area contributed by atoms with Crippen LogP contribution < -0.4 is 5.73 Å². The molecule has 0 saturated carbocycles. The minimum Gasteiger partial charge on any atom is -0.461 e. The number of cyclic esters (lactones) is 1. The molecule has 180 valence electrons. The number of carbonyl (C=O) groups excluding carboxylic acids is 3. The highest BCUT2D eigenvalue weighted by Gasteiger charge is 2.43. The van der Waals surface area contributed by atoms with Gasteiger partial charge in [-0.3, -0.25) is 14.5 Å². The Bertz CT molecular complexity index is 1040. The Hall–Kier alpha value is -3.82. The Balaban J connectivity index is 1.30. The van der Waals surface area contributed by atoms with Gasteiger partial charge >= 0.3 is 12.1 Å². The van der Waals surface area contributed by atoms with Crippen molar-refractivity contribution in [1.29, 1.82) is 0 Å². The molecule has 2 heterocycles. The van der Waals surface area contributed by atoms with Gasteiger partial charge in [-0.05, 0) is 30.6 Å². The first-order valence-corrected chi connectivity index (χ1v) is 11.3. The summed E-state index contributed by atoms with van der Waals surface area (Å²) in [5.41, 5.74) is 7.86. The highest BCUT2D eigenvalue weighted by atomic mass is 16.6. The van der Waals surface area contributed by atoms with Crippen molar-refractivity contribution in [2.24, 2.45) is 22.7 Å². The molecular weight excluding hydrogens is 440 g/mol. The van der Waals surface area contributed by atoms with Gasteiger partial charge in [-0.2, -0.15) is 0 Å². The van der Waals surface area contributed by atoms with Gasteiger partial charge in [0.1, 0.15) is 12.3 Å². The first-order valence-electron chi connectivity index (χ1n) is 11.3. The zero-order valence-corrected chi connectivity index (χ0v) is 18.9. The molecule has 1 aromatic rings. The molecule has 4 rings (SSSR count). The molecule has 2 fully saturated rings. The molecule has 2 unspecified atom stereocenters. The number of esters is 1. The predicted octanol–water partition coefficient (Wildman–Crippen LogP) is 2.00. The van der Waals surface area contributed by atoms with E-state index in [1.54, 1.807) is 24.0 Å². The van der Waals surface area contributed by atoms with Crippen molar-refractivity contribution in [1.82, 2.24) is 9.80 Å². The van der Waals surface area contributed by atoms with Gasteiger partial charge in [0.05, 0.1) is 18.2 Å². The Morgan fingerprint density at radius 1 is 1.21 bits per heavy atom. The van der Waals surface area contributed by atoms with Crippen LogP contribution in [0.5, 0.6) is 0 Å². The second kappa shape index (κ2) is 9.98. The third-order valence-electron chi connectivity index (χ3n) is 6.45. The largest absolute Gasteiger partial charge is 0.461 e. The van der Waals surface area contributed by atoms with E-state index < -0.39 is 18.1 Å². The molecule has 0 spiro atoms. The van der Waals surface area contributed by atoms with Crippen LogP contribution in [-0.4, -0.2) is 64.4 Å². The number of ether oxygens (including phenoxy) is 2. The maximum absolute atomic E-state index is 13.0. The van der Waals surface area contributed by atoms with E-state index in [1.807, 2.05) is 30.3 Å². The highest BCUT2D eigenvalue weighted by molar-refractivity contribution is 6.04. The lowest BCUT2D eigenvalue weighted by molar-refractivity contribution is -0.153. The number of oxime groups is 1. The van der Waals surface area contributed by atoms with E-state index in [-0.39, 0.29) is 36.7 Å². The van der Waals surface area contributed by atoms with E-state index in [1.165, 1.54) is 4.90 Å². The summed E-state index contributed by atoms with van der Waals surface area (Å²) in [6.45, 7) is 2.81. The SMILES string of the molecule is CC1C(N2CC(C(=O)N3CCC(C(=O)OCc4ccccc4)CC3)OC2=O)=CC=C(N)C1=NO. The maximum Gasteiger partial charge on any atom is 0.415 e. The number of hydrogen-bond donors (Lipinski definition) is 2. The molecule has 10 heteroatoms. The van der Waals surface area contributed by atoms with Gasteiger partial charge in [0, 0.05) is 24.7 Å². The third kappa shape index (κ3) is 4.75. The summed E-state index contributed by atoms with van der Waals surface area (Å²) < 4.78 is 10.8. The van der Waals surface area contributed by atoms with Crippen molar-refractivity contribution in [3.8, 4) is 0 Å². The number of piperidine rings is 1. The number of nitrogens with zero attached hydrogens (tertiary/aromatic N) is 3. The van der Waals surface area contributed by atoms with Crippen LogP contribution in [0.25, 0.3) is 0 Å². The van der Waals surface area contributed by atoms with Crippen LogP contribution in [0.1, 0.15) is 25.3 Å². The average Bonchev–Trinajstić information content (AvgIpc) is 3.24. The van der Waals surface area contributed by atoms with Gasteiger partial charge in [-0.15, -0.1) is 0 Å². The Labute approximate surface area is 197 Å². The second-order valence-electron chi connectivity index (χ2n) is 8.60. The second-order valence-corrected chi connectivity index (χ2v) is 8.60. The van der Waals surface area contributed by atoms with E-state index in [9.17, 15) is 19.6 Å². The van der Waals surface area contributed by atoms with E-state index in [0.717, 1.165) is 5.56 Å². The number of carbonyl (C=O) groups is 3. The first-order chi connectivity index (χ1) is 16.4. The lowest BCUT2D eigenvalue weighted by Crippen LogP contribution is -2.46. The predicted molar refractivity (Wildman–Crippen MR) is 121 cm³/mol. The molecular formula is C24H28N4O6. The zero-order valence-electron chi connectivity index (χ0n) is 18.9. The number of benzene rings is 1. The summed E-state index contributed by atoms with van der Waals surface area (Å²) in [7, 11) is 0. The van der Waals surface area contributed by atoms with Crippen molar-refractivity contribution >= 4 is 23.7 Å². The number of hydrogen-bond acceptors (Lipinski definition) is 8. The molecule has 0 bridgehead atoms. The van der Waals surface area contributed by atoms with Crippen LogP contribution >= 0.6 is 0 Å². The maximum atomic E-state index is 13.0. The zero-order chi connectivity index (χ0) is 24.2. The summed E-state index contributed by atoms with van der Waals surface area (Å²) in [6.07, 6.45) is 2.62. The Morgan fingerprint density at radius 2 is 1.91 bits per heavy atom. The molecule has 2 saturated heterocycles. The van der Waals surface area contributed by atoms with E-state index in [0.29, 0.717) is 37.3 Å². The van der Waals surface area contributed by atoms with Gasteiger partial charge in [0.2, 0.25) is 0 Å². The van der Waals surface area contributed by atoms with Crippen molar-refractivity contribution in [3.63, 3.8) is 0 Å². The topological polar surface area (TPSA) is 135 Å². The van der Waals surface area contributed by atoms with Crippen LogP contribution in [0.15, 0.2) is 59.0 Å². The number of nitrogens with two attached hydrogens (primary N) is 1. The van der Waals surface area contributed by atoms with E-state index in [2.05, 4.69) is 5.16 Å². The Kier molecular flexibility index (Phi) is 6.85. The molecule has 2 atom stereocenters. The monoisotopic (exact) mass is 468 g/mol. The summed E-state index contributed by atoms with van der Waals surface area (Å²) in [4.78, 5) is 40.9. The lowest BCUT2D eigenvalue weighted by atomic mass is 9.93. The molecule has 34 heavy (non-hydrogen) atoms. The van der Waals surface area contributed by atoms with Gasteiger partial charge in [-0.1, -0.05) is 42.4 Å². The minimum absolute atomic E-state index is 0.0549. The van der Waals surface area contributed by atoms with Crippen molar-refractivity contribution in [2.75, 3.05) is 19.6 Å². The fourth-order valence-corrected chi connectivity index (χ4v) is 4.45. The molecule has 0 radical (unpaired) electrons. The molecule has 0 aromatic heterocycles. The Morgan fingerprint density at radius 3 is 2.59 bits per heavy atom. The molecule has 2 aliphatic heterocycles. The molecule has 3 N–H and O–H groups in total. The number of likely N-dealkylation sites (tertiary alicyclic amines) is 1. The van der Waals surface area contributed by atoms with Gasteiger partial charge in [0.25, 0.3) is 5.91 Å². The molecule has 2 amide bonds. The summed E-state index contributed by atoms with van der Waals surface area (Å²) in [5.74, 6) is -1.26. The summed E-state index contributed by atoms with van der Waals surface area (Å²) in [5, 5.41) is 12.5. The first kappa shape index (κ1) is 23.3. The third-order valence-corrected chi connectivity index (χ3v) is 6.45. The van der Waals surface area contributed by atoms with Gasteiger partial charge in [-0.25, -0.2) is 4.79 Å². The van der Waals surface area contributed by atoms with Crippen molar-refractivity contribution < 1.29 is 29.1 Å². The standard InChI is InChI=1S/C24H28N4O6/c1-15-19(8-7-18(25)21(15)26-32)28-13-20(34-24(28)31)22(29)27-11-9-17(10-12-27)23(30)33-14-16-5-3-2-4-6-16/h2-8,15,17,20,32H,9-14,25H2,1H3. The van der Waals surface area contributed by atoms with Gasteiger partial charge < -0.3 is 25.3 Å². The number of amides is 2. The van der Waals surface area contributed by atoms with Crippen LogP contribution in [0.3, 0.4) is 0 Å². The summed E-state index contributed by atoms with van der Waals surface area (Å²) >= 11 is 0. The minimum atomic E-state index is -0.944. The smallest absolute Gasteiger partial charge is 0.415 e. The number of rotatable bonds is 5. The fourth-order valence-electron chi connectivity index (χ4n) is 4.45. The fraction of sp³-hybridized carbons (Fsp3) is 0.417. The van der Waals surface area contributed by atoms with Crippen LogP contribution in [0.2, 0.25) is 0 Å². The molecule has 10 nitrogen and oxygen atoms in total. The normalized spacial score (nSPS) is 24.5. The van der Waals surface area contributed by atoms with Crippen molar-refractivity contribution in [3.05, 3.63) is 59.4 Å². The molecule has 1 aliphatic carbocycles. The van der Waals surface area contributed by atoms with E-state index >= 15 is 0 Å². The van der Waals surface area contributed by atoms with Crippen LogP contribution in [0.4, 0.5) is 4.79 Å². The molecule has 1 aromatic carbocycles.